The van der Waals surface area contributed by atoms with E-state index < -0.39 is 18.2 Å². The third-order valence-corrected chi connectivity index (χ3v) is 5.57. The minimum absolute atomic E-state index is 0.0776. The fourth-order valence-corrected chi connectivity index (χ4v) is 3.89. The van der Waals surface area contributed by atoms with Crippen molar-refractivity contribution in [3.05, 3.63) is 0 Å². The van der Waals surface area contributed by atoms with Gasteiger partial charge in [-0.05, 0) is 38.0 Å². The smallest absolute Gasteiger partial charge is 0.303 e. The molecule has 0 aromatic carbocycles. The molecule has 0 bridgehead atoms. The first-order chi connectivity index (χ1) is 13.0. The molecular weight excluding hydrogens is 346 g/mol. The molecule has 0 aromatic heterocycles. The number of fused-ring (bicyclic) bond motifs is 1. The van der Waals surface area contributed by atoms with Crippen LogP contribution in [0.3, 0.4) is 0 Å². The van der Waals surface area contributed by atoms with Crippen LogP contribution in [0.5, 0.6) is 0 Å². The summed E-state index contributed by atoms with van der Waals surface area (Å²) in [6.07, 6.45) is 7.39. The number of hydrogen-bond acceptors (Lipinski definition) is 5. The van der Waals surface area contributed by atoms with Crippen LogP contribution >= 0.6 is 0 Å². The van der Waals surface area contributed by atoms with Crippen molar-refractivity contribution in [3.63, 3.8) is 0 Å². The molecular formula is C21H33NO5. The number of oxime groups is 1. The lowest BCUT2D eigenvalue weighted by molar-refractivity contribution is -0.137. The zero-order valence-electron chi connectivity index (χ0n) is 16.3. The summed E-state index contributed by atoms with van der Waals surface area (Å²) in [7, 11) is 0. The van der Waals surface area contributed by atoms with Crippen molar-refractivity contribution in [1.29, 1.82) is 0 Å². The van der Waals surface area contributed by atoms with E-state index in [1.165, 1.54) is 19.3 Å². The Bertz CT molecular complexity index is 565. The van der Waals surface area contributed by atoms with Crippen molar-refractivity contribution in [1.82, 2.24) is 0 Å². The minimum atomic E-state index is -0.835. The van der Waals surface area contributed by atoms with Gasteiger partial charge in [0.15, 0.2) is 0 Å². The average Bonchev–Trinajstić information content (AvgIpc) is 2.86. The van der Waals surface area contributed by atoms with E-state index in [4.69, 9.17) is 9.94 Å². The molecule has 6 nitrogen and oxygen atoms in total. The van der Waals surface area contributed by atoms with Crippen LogP contribution in [0.2, 0.25) is 0 Å². The van der Waals surface area contributed by atoms with E-state index in [2.05, 4.69) is 23.9 Å². The molecule has 0 aliphatic heterocycles. The predicted molar refractivity (Wildman–Crippen MR) is 103 cm³/mol. The summed E-state index contributed by atoms with van der Waals surface area (Å²) in [5, 5.41) is 33.1. The van der Waals surface area contributed by atoms with Crippen LogP contribution in [-0.4, -0.2) is 45.8 Å². The van der Waals surface area contributed by atoms with Gasteiger partial charge >= 0.3 is 5.97 Å². The molecule has 0 radical (unpaired) electrons. The number of rotatable bonds is 11. The number of nitrogens with zero attached hydrogens (tertiary/aromatic N) is 1. The number of aliphatic hydroxyl groups is 2. The summed E-state index contributed by atoms with van der Waals surface area (Å²) in [6.45, 7) is 2.48. The van der Waals surface area contributed by atoms with Gasteiger partial charge in [-0.15, -0.1) is 0 Å². The molecule has 0 saturated heterocycles. The number of carboxylic acids is 1. The molecule has 0 amide bonds. The van der Waals surface area contributed by atoms with E-state index in [0.29, 0.717) is 25.9 Å². The van der Waals surface area contributed by atoms with E-state index in [9.17, 15) is 15.0 Å². The average molecular weight is 379 g/mol. The van der Waals surface area contributed by atoms with Gasteiger partial charge in [0, 0.05) is 18.3 Å². The highest BCUT2D eigenvalue weighted by molar-refractivity contribution is 5.93. The van der Waals surface area contributed by atoms with Gasteiger partial charge in [0.2, 0.25) is 0 Å². The first-order valence-corrected chi connectivity index (χ1v) is 10.3. The van der Waals surface area contributed by atoms with Gasteiger partial charge in [-0.1, -0.05) is 49.6 Å². The molecule has 3 N–H and O–H groups in total. The van der Waals surface area contributed by atoms with E-state index in [-0.39, 0.29) is 24.2 Å². The highest BCUT2D eigenvalue weighted by atomic mass is 16.6. The Morgan fingerprint density at radius 1 is 1.30 bits per heavy atom. The van der Waals surface area contributed by atoms with Gasteiger partial charge in [0.1, 0.15) is 12.7 Å². The second-order valence-electron chi connectivity index (χ2n) is 7.73. The molecule has 0 heterocycles. The molecule has 5 unspecified atom stereocenters. The highest BCUT2D eigenvalue weighted by Gasteiger charge is 2.51. The lowest BCUT2D eigenvalue weighted by Gasteiger charge is -2.33. The Labute approximate surface area is 162 Å². The third kappa shape index (κ3) is 6.82. The quantitative estimate of drug-likeness (QED) is 0.291. The number of carbonyl (C=O) groups is 1. The van der Waals surface area contributed by atoms with Crippen LogP contribution in [0.15, 0.2) is 5.16 Å². The van der Waals surface area contributed by atoms with Crippen LogP contribution in [0, 0.1) is 29.6 Å². The molecule has 2 aliphatic carbocycles. The Hall–Kier alpha value is -1.58. The summed E-state index contributed by atoms with van der Waals surface area (Å²) in [6, 6.07) is 0. The second-order valence-corrected chi connectivity index (χ2v) is 7.73. The van der Waals surface area contributed by atoms with Crippen molar-refractivity contribution in [3.8, 4) is 11.8 Å². The molecule has 2 fully saturated rings. The molecule has 2 rings (SSSR count). The SMILES string of the molecule is CCCCCCCC(O)C#CC1CC2C(=NOCCCC(=O)O)CC2C1O. The molecule has 5 atom stereocenters. The zero-order chi connectivity index (χ0) is 19.6. The largest absolute Gasteiger partial charge is 0.481 e. The molecule has 6 heteroatoms. The number of unbranched alkanes of at least 4 members (excludes halogenated alkanes) is 4. The normalized spacial score (nSPS) is 28.8. The standard InChI is InChI=1S/C21H33NO5/c1-2-3-4-5-6-8-16(23)11-10-15-13-17-18(21(15)26)14-19(17)22-27-12-7-9-20(24)25/h15-18,21,23,26H,2-9,12-14H2,1H3,(H,24,25). The van der Waals surface area contributed by atoms with Crippen molar-refractivity contribution in [2.75, 3.05) is 6.61 Å². The Morgan fingerprint density at radius 3 is 2.81 bits per heavy atom. The van der Waals surface area contributed by atoms with E-state index >= 15 is 0 Å². The lowest BCUT2D eigenvalue weighted by Crippen LogP contribution is -2.38. The van der Waals surface area contributed by atoms with Gasteiger partial charge in [-0.3, -0.25) is 4.79 Å². The molecule has 27 heavy (non-hydrogen) atoms. The number of aliphatic hydroxyl groups excluding tert-OH is 2. The number of carboxylic acid groups (broad SMARTS) is 1. The van der Waals surface area contributed by atoms with Gasteiger partial charge in [-0.2, -0.15) is 0 Å². The minimum Gasteiger partial charge on any atom is -0.481 e. The van der Waals surface area contributed by atoms with Crippen LogP contribution < -0.4 is 0 Å². The maximum Gasteiger partial charge on any atom is 0.303 e. The topological polar surface area (TPSA) is 99.4 Å². The molecule has 2 aliphatic rings. The maximum atomic E-state index is 10.4. The van der Waals surface area contributed by atoms with Gasteiger partial charge in [0.25, 0.3) is 0 Å². The molecule has 0 aromatic rings. The number of aliphatic carboxylic acids is 1. The first kappa shape index (κ1) is 21.7. The van der Waals surface area contributed by atoms with E-state index in [1.54, 1.807) is 0 Å². The van der Waals surface area contributed by atoms with E-state index in [1.807, 2.05) is 0 Å². The van der Waals surface area contributed by atoms with Crippen LogP contribution in [0.25, 0.3) is 0 Å². The van der Waals surface area contributed by atoms with Crippen molar-refractivity contribution < 1.29 is 25.0 Å². The maximum absolute atomic E-state index is 10.4. The predicted octanol–water partition coefficient (Wildman–Crippen LogP) is 2.97. The molecule has 152 valence electrons. The van der Waals surface area contributed by atoms with Crippen molar-refractivity contribution in [2.24, 2.45) is 22.9 Å². The van der Waals surface area contributed by atoms with Crippen LogP contribution in [-0.2, 0) is 9.63 Å². The summed E-state index contributed by atoms with van der Waals surface area (Å²) in [5.74, 6) is 5.43. The molecule has 2 saturated carbocycles. The summed E-state index contributed by atoms with van der Waals surface area (Å²) in [4.78, 5) is 15.6. The molecule has 0 spiro atoms. The zero-order valence-corrected chi connectivity index (χ0v) is 16.3. The fraction of sp³-hybridized carbons (Fsp3) is 0.810. The van der Waals surface area contributed by atoms with Gasteiger partial charge in [-0.25, -0.2) is 0 Å². The second kappa shape index (κ2) is 11.3. The van der Waals surface area contributed by atoms with Gasteiger partial charge < -0.3 is 20.2 Å². The van der Waals surface area contributed by atoms with Crippen molar-refractivity contribution in [2.45, 2.75) is 83.3 Å². The van der Waals surface area contributed by atoms with E-state index in [0.717, 1.165) is 25.0 Å². The van der Waals surface area contributed by atoms with Gasteiger partial charge in [0.05, 0.1) is 11.8 Å². The Morgan fingerprint density at radius 2 is 2.07 bits per heavy atom. The summed E-state index contributed by atoms with van der Waals surface area (Å²) < 4.78 is 0. The first-order valence-electron chi connectivity index (χ1n) is 10.3. The van der Waals surface area contributed by atoms with Crippen LogP contribution in [0.4, 0.5) is 0 Å². The van der Waals surface area contributed by atoms with Crippen LogP contribution in [0.1, 0.15) is 71.1 Å². The number of hydrogen-bond donors (Lipinski definition) is 3. The monoisotopic (exact) mass is 379 g/mol. The summed E-state index contributed by atoms with van der Waals surface area (Å²) >= 11 is 0. The third-order valence-electron chi connectivity index (χ3n) is 5.57. The lowest BCUT2D eigenvalue weighted by atomic mass is 9.73. The Balaban J connectivity index is 1.70. The fourth-order valence-electron chi connectivity index (χ4n) is 3.89. The van der Waals surface area contributed by atoms with Crippen molar-refractivity contribution >= 4 is 11.7 Å². The summed E-state index contributed by atoms with van der Waals surface area (Å²) in [5.41, 5.74) is 0.940. The highest BCUT2D eigenvalue weighted by Crippen LogP contribution is 2.47. The Kier molecular flexibility index (Phi) is 9.09.